The van der Waals surface area contributed by atoms with Gasteiger partial charge in [0.2, 0.25) is 0 Å². The number of hydrogen-bond acceptors (Lipinski definition) is 5. The molecule has 1 amide bonds. The zero-order valence-electron chi connectivity index (χ0n) is 9.60. The maximum Gasteiger partial charge on any atom is 0.289 e. The molecule has 1 aliphatic heterocycles. The molecule has 0 aromatic heterocycles. The molecule has 2 rings (SSSR count). The topological polar surface area (TPSA) is 58.6 Å². The summed E-state index contributed by atoms with van der Waals surface area (Å²) in [6, 6.07) is 4.99. The fourth-order valence-corrected chi connectivity index (χ4v) is 2.50. The Morgan fingerprint density at radius 3 is 2.94 bits per heavy atom. The summed E-state index contributed by atoms with van der Waals surface area (Å²) in [6.45, 7) is 2.32. The van der Waals surface area contributed by atoms with Crippen LogP contribution in [-0.2, 0) is 0 Å². The molecule has 1 aliphatic rings. The molecule has 4 nitrogen and oxygen atoms in total. The van der Waals surface area contributed by atoms with Crippen LogP contribution in [0.2, 0.25) is 0 Å². The van der Waals surface area contributed by atoms with E-state index in [0.29, 0.717) is 22.3 Å². The van der Waals surface area contributed by atoms with Gasteiger partial charge in [-0.05, 0) is 42.5 Å². The lowest BCUT2D eigenvalue weighted by Crippen LogP contribution is -2.15. The van der Waals surface area contributed by atoms with Crippen LogP contribution in [0.4, 0.5) is 4.79 Å². The number of rotatable bonds is 3. The fraction of sp³-hybridized carbons (Fsp3) is 0.167. The molecule has 6 heteroatoms. The Hall–Kier alpha value is -1.53. The van der Waals surface area contributed by atoms with Crippen molar-refractivity contribution in [2.75, 3.05) is 6.61 Å². The SMILES string of the molecule is CCOc1cc(/C=C2/SC(=O)NC2=S)ccc1O. The average molecular weight is 281 g/mol. The van der Waals surface area contributed by atoms with Gasteiger partial charge in [0, 0.05) is 0 Å². The summed E-state index contributed by atoms with van der Waals surface area (Å²) in [7, 11) is 0. The molecule has 0 spiro atoms. The normalized spacial score (nSPS) is 17.1. The smallest absolute Gasteiger partial charge is 0.289 e. The average Bonchev–Trinajstić information content (AvgIpc) is 2.62. The van der Waals surface area contributed by atoms with Gasteiger partial charge in [0.05, 0.1) is 11.5 Å². The molecule has 0 bridgehead atoms. The Bertz CT molecular complexity index is 540. The molecule has 0 radical (unpaired) electrons. The first-order chi connectivity index (χ1) is 8.60. The highest BCUT2D eigenvalue weighted by atomic mass is 32.2. The first kappa shape index (κ1) is 12.9. The number of thiocarbonyl (C=S) groups is 1. The fourth-order valence-electron chi connectivity index (χ4n) is 1.46. The minimum Gasteiger partial charge on any atom is -0.504 e. The standard InChI is InChI=1S/C12H11NO3S2/c1-2-16-9-5-7(3-4-8(9)14)6-10-11(17)13-12(15)18-10/h3-6,14H,2H2,1H3,(H,13,15,17)/b10-6+. The second-order valence-electron chi connectivity index (χ2n) is 3.51. The summed E-state index contributed by atoms with van der Waals surface area (Å²) >= 11 is 6.08. The van der Waals surface area contributed by atoms with Crippen molar-refractivity contribution < 1.29 is 14.6 Å². The first-order valence-corrected chi connectivity index (χ1v) is 6.53. The van der Waals surface area contributed by atoms with Gasteiger partial charge in [-0.2, -0.15) is 0 Å². The lowest BCUT2D eigenvalue weighted by atomic mass is 10.2. The van der Waals surface area contributed by atoms with Crippen LogP contribution in [0.1, 0.15) is 12.5 Å². The number of nitrogens with one attached hydrogen (secondary N) is 1. The van der Waals surface area contributed by atoms with Crippen LogP contribution >= 0.6 is 24.0 Å². The van der Waals surface area contributed by atoms with Crippen LogP contribution in [0.3, 0.4) is 0 Å². The van der Waals surface area contributed by atoms with Gasteiger partial charge in [0.1, 0.15) is 4.99 Å². The van der Waals surface area contributed by atoms with E-state index in [9.17, 15) is 9.90 Å². The van der Waals surface area contributed by atoms with Gasteiger partial charge in [-0.25, -0.2) is 0 Å². The van der Waals surface area contributed by atoms with Gasteiger partial charge in [-0.3, -0.25) is 4.79 Å². The van der Waals surface area contributed by atoms with E-state index in [4.69, 9.17) is 17.0 Å². The largest absolute Gasteiger partial charge is 0.504 e. The van der Waals surface area contributed by atoms with E-state index in [2.05, 4.69) is 5.32 Å². The van der Waals surface area contributed by atoms with E-state index in [1.54, 1.807) is 24.3 Å². The molecule has 0 saturated carbocycles. The number of carbonyl (C=O) groups is 1. The van der Waals surface area contributed by atoms with Gasteiger partial charge < -0.3 is 15.2 Å². The molecule has 0 unspecified atom stereocenters. The van der Waals surface area contributed by atoms with Gasteiger partial charge in [-0.15, -0.1) is 0 Å². The second-order valence-corrected chi connectivity index (χ2v) is 4.94. The number of phenolic OH excluding ortho intramolecular Hbond substituents is 1. The van der Waals surface area contributed by atoms with E-state index in [1.165, 1.54) is 0 Å². The van der Waals surface area contributed by atoms with E-state index < -0.39 is 0 Å². The molecule has 0 aliphatic carbocycles. The highest BCUT2D eigenvalue weighted by molar-refractivity contribution is 8.19. The monoisotopic (exact) mass is 281 g/mol. The van der Waals surface area contributed by atoms with Gasteiger partial charge in [0.25, 0.3) is 5.24 Å². The third kappa shape index (κ3) is 2.83. The number of thioether (sulfide) groups is 1. The second kappa shape index (κ2) is 5.41. The highest BCUT2D eigenvalue weighted by Crippen LogP contribution is 2.31. The lowest BCUT2D eigenvalue weighted by molar-refractivity contribution is 0.265. The van der Waals surface area contributed by atoms with Crippen LogP contribution in [0.5, 0.6) is 11.5 Å². The van der Waals surface area contributed by atoms with Crippen LogP contribution < -0.4 is 10.1 Å². The summed E-state index contributed by atoms with van der Waals surface area (Å²) in [5.41, 5.74) is 0.817. The number of amides is 1. The molecule has 1 aromatic carbocycles. The zero-order valence-corrected chi connectivity index (χ0v) is 11.2. The van der Waals surface area contributed by atoms with Gasteiger partial charge >= 0.3 is 0 Å². The van der Waals surface area contributed by atoms with Crippen molar-refractivity contribution in [2.24, 2.45) is 0 Å². The molecule has 1 aromatic rings. The molecule has 1 heterocycles. The van der Waals surface area contributed by atoms with Crippen molar-refractivity contribution in [3.63, 3.8) is 0 Å². The van der Waals surface area contributed by atoms with Crippen molar-refractivity contribution in [1.82, 2.24) is 5.32 Å². The zero-order chi connectivity index (χ0) is 13.1. The molecule has 18 heavy (non-hydrogen) atoms. The molecule has 1 fully saturated rings. The maximum absolute atomic E-state index is 11.1. The Morgan fingerprint density at radius 1 is 1.56 bits per heavy atom. The third-order valence-corrected chi connectivity index (χ3v) is 3.50. The number of ether oxygens (including phenoxy) is 1. The predicted octanol–water partition coefficient (Wildman–Crippen LogP) is 2.92. The van der Waals surface area contributed by atoms with Crippen LogP contribution in [0.15, 0.2) is 23.1 Å². The Labute approximate surface area is 114 Å². The third-order valence-electron chi connectivity index (χ3n) is 2.22. The number of benzene rings is 1. The van der Waals surface area contributed by atoms with Gasteiger partial charge in [-0.1, -0.05) is 18.3 Å². The molecular weight excluding hydrogens is 270 g/mol. The lowest BCUT2D eigenvalue weighted by Gasteiger charge is -2.06. The minimum absolute atomic E-state index is 0.0925. The number of carbonyl (C=O) groups excluding carboxylic acids is 1. The van der Waals surface area contributed by atoms with E-state index in [0.717, 1.165) is 17.3 Å². The van der Waals surface area contributed by atoms with Crippen LogP contribution in [0.25, 0.3) is 6.08 Å². The van der Waals surface area contributed by atoms with E-state index in [-0.39, 0.29) is 11.0 Å². The quantitative estimate of drug-likeness (QED) is 0.659. The summed E-state index contributed by atoms with van der Waals surface area (Å²) in [6.07, 6.45) is 1.78. The molecular formula is C12H11NO3S2. The highest BCUT2D eigenvalue weighted by Gasteiger charge is 2.21. The van der Waals surface area contributed by atoms with Crippen LogP contribution in [0, 0.1) is 0 Å². The van der Waals surface area contributed by atoms with Gasteiger partial charge in [0.15, 0.2) is 11.5 Å². The van der Waals surface area contributed by atoms with Crippen molar-refractivity contribution in [2.45, 2.75) is 6.92 Å². The maximum atomic E-state index is 11.1. The van der Waals surface area contributed by atoms with Crippen molar-refractivity contribution in [3.8, 4) is 11.5 Å². The molecule has 2 N–H and O–H groups in total. The Morgan fingerprint density at radius 2 is 2.33 bits per heavy atom. The Balaban J connectivity index is 2.29. The minimum atomic E-state index is -0.171. The van der Waals surface area contributed by atoms with Crippen molar-refractivity contribution in [1.29, 1.82) is 0 Å². The predicted molar refractivity (Wildman–Crippen MR) is 76.0 cm³/mol. The summed E-state index contributed by atoms with van der Waals surface area (Å²) in [5, 5.41) is 12.0. The molecule has 94 valence electrons. The Kier molecular flexibility index (Phi) is 3.88. The number of aromatic hydroxyl groups is 1. The molecule has 0 atom stereocenters. The van der Waals surface area contributed by atoms with E-state index >= 15 is 0 Å². The van der Waals surface area contributed by atoms with Crippen LogP contribution in [-0.4, -0.2) is 21.9 Å². The number of hydrogen-bond donors (Lipinski definition) is 2. The van der Waals surface area contributed by atoms with E-state index in [1.807, 2.05) is 6.92 Å². The summed E-state index contributed by atoms with van der Waals surface area (Å²) in [5.74, 6) is 0.509. The summed E-state index contributed by atoms with van der Waals surface area (Å²) in [4.78, 5) is 12.3. The summed E-state index contributed by atoms with van der Waals surface area (Å²) < 4.78 is 5.29. The van der Waals surface area contributed by atoms with Crippen molar-refractivity contribution >= 4 is 40.3 Å². The number of phenols is 1. The van der Waals surface area contributed by atoms with Crippen molar-refractivity contribution in [3.05, 3.63) is 28.7 Å². The first-order valence-electron chi connectivity index (χ1n) is 5.31. The molecule has 1 saturated heterocycles.